The van der Waals surface area contributed by atoms with E-state index in [1.807, 2.05) is 18.2 Å². The van der Waals surface area contributed by atoms with Crippen molar-refractivity contribution in [3.05, 3.63) is 0 Å². The van der Waals surface area contributed by atoms with Crippen LogP contribution in [0.3, 0.4) is 0 Å². The van der Waals surface area contributed by atoms with Crippen LogP contribution in [0.4, 0.5) is 0 Å². The molecule has 1 N–H and O–H groups in total. The molecule has 1 saturated heterocycles. The molecule has 1 atom stereocenters. The summed E-state index contributed by atoms with van der Waals surface area (Å²) in [5.41, 5.74) is 0. The highest BCUT2D eigenvalue weighted by Crippen LogP contribution is 2.13. The molecule has 1 amide bonds. The molecule has 0 spiro atoms. The Labute approximate surface area is 109 Å². The number of nitrogens with one attached hydrogen (secondary N) is 1. The summed E-state index contributed by atoms with van der Waals surface area (Å²) in [6, 6.07) is 0.453. The fourth-order valence-corrected chi connectivity index (χ4v) is 2.34. The standard InChI is InChI=1S/C11H22N2OS.ClH/c1-13(11(14)6-9-15-2)10-4-3-7-12-8-5-10;/h10,12H,3-9H2,1-2H3;1H. The van der Waals surface area contributed by atoms with E-state index in [4.69, 9.17) is 0 Å². The smallest absolute Gasteiger partial charge is 0.223 e. The van der Waals surface area contributed by atoms with E-state index in [0.29, 0.717) is 18.4 Å². The average molecular weight is 267 g/mol. The van der Waals surface area contributed by atoms with Gasteiger partial charge in [0.25, 0.3) is 0 Å². The highest BCUT2D eigenvalue weighted by molar-refractivity contribution is 7.98. The van der Waals surface area contributed by atoms with Gasteiger partial charge in [0.15, 0.2) is 0 Å². The van der Waals surface area contributed by atoms with Crippen LogP contribution in [0.5, 0.6) is 0 Å². The SMILES string of the molecule is CSCCC(=O)N(C)C1CCCNCC1.Cl. The number of carbonyl (C=O) groups is 1. The molecule has 0 aromatic rings. The third-order valence-corrected chi connectivity index (χ3v) is 3.62. The first kappa shape index (κ1) is 16.1. The van der Waals surface area contributed by atoms with Gasteiger partial charge < -0.3 is 10.2 Å². The normalized spacial score (nSPS) is 20.8. The molecule has 16 heavy (non-hydrogen) atoms. The topological polar surface area (TPSA) is 32.3 Å². The molecule has 0 radical (unpaired) electrons. The second-order valence-corrected chi connectivity index (χ2v) is 5.07. The van der Waals surface area contributed by atoms with Crippen molar-refractivity contribution >= 4 is 30.1 Å². The maximum absolute atomic E-state index is 11.8. The minimum absolute atomic E-state index is 0. The number of hydrogen-bond acceptors (Lipinski definition) is 3. The first-order chi connectivity index (χ1) is 7.25. The largest absolute Gasteiger partial charge is 0.343 e. The summed E-state index contributed by atoms with van der Waals surface area (Å²) in [6.07, 6.45) is 6.16. The van der Waals surface area contributed by atoms with Crippen LogP contribution < -0.4 is 5.32 Å². The summed E-state index contributed by atoms with van der Waals surface area (Å²) in [7, 11) is 1.96. The first-order valence-electron chi connectivity index (χ1n) is 5.71. The summed E-state index contributed by atoms with van der Waals surface area (Å²) < 4.78 is 0. The first-order valence-corrected chi connectivity index (χ1v) is 7.10. The van der Waals surface area contributed by atoms with E-state index in [2.05, 4.69) is 5.32 Å². The molecule has 0 bridgehead atoms. The molecule has 1 rings (SSSR count). The molecule has 0 saturated carbocycles. The molecular formula is C11H23ClN2OS. The summed E-state index contributed by atoms with van der Waals surface area (Å²) in [6.45, 7) is 2.15. The van der Waals surface area contributed by atoms with Gasteiger partial charge in [0, 0.05) is 25.3 Å². The van der Waals surface area contributed by atoms with Crippen LogP contribution in [0.2, 0.25) is 0 Å². The molecule has 1 fully saturated rings. The van der Waals surface area contributed by atoms with Crippen molar-refractivity contribution in [1.82, 2.24) is 10.2 Å². The fraction of sp³-hybridized carbons (Fsp3) is 0.909. The predicted molar refractivity (Wildman–Crippen MR) is 73.5 cm³/mol. The van der Waals surface area contributed by atoms with E-state index < -0.39 is 0 Å². The van der Waals surface area contributed by atoms with E-state index in [1.54, 1.807) is 11.8 Å². The molecule has 0 aromatic carbocycles. The van der Waals surface area contributed by atoms with E-state index in [-0.39, 0.29) is 12.4 Å². The Bertz CT molecular complexity index is 196. The zero-order chi connectivity index (χ0) is 11.1. The van der Waals surface area contributed by atoms with Gasteiger partial charge >= 0.3 is 0 Å². The number of carbonyl (C=O) groups excluding carboxylic acids is 1. The lowest BCUT2D eigenvalue weighted by Gasteiger charge is -2.27. The van der Waals surface area contributed by atoms with Crippen LogP contribution in [0.25, 0.3) is 0 Å². The third kappa shape index (κ3) is 5.41. The van der Waals surface area contributed by atoms with Gasteiger partial charge in [-0.1, -0.05) is 0 Å². The molecule has 1 heterocycles. The van der Waals surface area contributed by atoms with E-state index in [1.165, 1.54) is 6.42 Å². The van der Waals surface area contributed by atoms with Crippen molar-refractivity contribution in [2.45, 2.75) is 31.7 Å². The monoisotopic (exact) mass is 266 g/mol. The lowest BCUT2D eigenvalue weighted by atomic mass is 10.1. The zero-order valence-electron chi connectivity index (χ0n) is 10.2. The van der Waals surface area contributed by atoms with E-state index in [0.717, 1.165) is 31.7 Å². The van der Waals surface area contributed by atoms with Gasteiger partial charge in [-0.25, -0.2) is 0 Å². The Kier molecular flexibility index (Phi) is 9.18. The third-order valence-electron chi connectivity index (χ3n) is 3.01. The molecule has 1 aliphatic heterocycles. The van der Waals surface area contributed by atoms with Crippen molar-refractivity contribution in [2.75, 3.05) is 32.1 Å². The quantitative estimate of drug-likeness (QED) is 0.842. The fourth-order valence-electron chi connectivity index (χ4n) is 1.96. The van der Waals surface area contributed by atoms with Crippen LogP contribution in [0, 0.1) is 0 Å². The van der Waals surface area contributed by atoms with Crippen molar-refractivity contribution in [3.63, 3.8) is 0 Å². The summed E-state index contributed by atoms with van der Waals surface area (Å²) in [4.78, 5) is 13.8. The molecule has 0 aromatic heterocycles. The van der Waals surface area contributed by atoms with Gasteiger partial charge in [-0.2, -0.15) is 11.8 Å². The molecule has 0 aliphatic carbocycles. The minimum atomic E-state index is 0. The summed E-state index contributed by atoms with van der Waals surface area (Å²) in [5, 5.41) is 3.37. The Morgan fingerprint density at radius 2 is 2.19 bits per heavy atom. The van der Waals surface area contributed by atoms with Crippen molar-refractivity contribution in [3.8, 4) is 0 Å². The second-order valence-electron chi connectivity index (χ2n) is 4.08. The Balaban J connectivity index is 0.00000225. The van der Waals surface area contributed by atoms with Gasteiger partial charge in [0.05, 0.1) is 0 Å². The van der Waals surface area contributed by atoms with Crippen molar-refractivity contribution in [2.24, 2.45) is 0 Å². The highest BCUT2D eigenvalue weighted by atomic mass is 35.5. The minimum Gasteiger partial charge on any atom is -0.343 e. The van der Waals surface area contributed by atoms with Gasteiger partial charge in [-0.3, -0.25) is 4.79 Å². The zero-order valence-corrected chi connectivity index (χ0v) is 11.8. The summed E-state index contributed by atoms with van der Waals surface area (Å²) in [5.74, 6) is 1.24. The van der Waals surface area contributed by atoms with Crippen LogP contribution in [-0.4, -0.2) is 49.0 Å². The number of hydrogen-bond donors (Lipinski definition) is 1. The Hall–Kier alpha value is 0.0700. The molecule has 1 unspecified atom stereocenters. The van der Waals surface area contributed by atoms with Gasteiger partial charge in [-0.15, -0.1) is 12.4 Å². The maximum atomic E-state index is 11.8. The maximum Gasteiger partial charge on any atom is 0.223 e. The predicted octanol–water partition coefficient (Wildman–Crippen LogP) is 1.76. The summed E-state index contributed by atoms with van der Waals surface area (Å²) >= 11 is 1.74. The Morgan fingerprint density at radius 1 is 1.44 bits per heavy atom. The lowest BCUT2D eigenvalue weighted by Crippen LogP contribution is -2.37. The number of rotatable bonds is 4. The highest BCUT2D eigenvalue weighted by Gasteiger charge is 2.20. The Morgan fingerprint density at radius 3 is 2.88 bits per heavy atom. The molecule has 5 heteroatoms. The van der Waals surface area contributed by atoms with E-state index >= 15 is 0 Å². The van der Waals surface area contributed by atoms with Gasteiger partial charge in [0.1, 0.15) is 0 Å². The van der Waals surface area contributed by atoms with E-state index in [9.17, 15) is 4.79 Å². The number of nitrogens with zero attached hydrogens (tertiary/aromatic N) is 1. The molecular weight excluding hydrogens is 244 g/mol. The average Bonchev–Trinajstić information content (AvgIpc) is 2.53. The van der Waals surface area contributed by atoms with Crippen molar-refractivity contribution in [1.29, 1.82) is 0 Å². The van der Waals surface area contributed by atoms with Crippen LogP contribution in [0.1, 0.15) is 25.7 Å². The second kappa shape index (κ2) is 9.14. The lowest BCUT2D eigenvalue weighted by molar-refractivity contribution is -0.131. The molecule has 1 aliphatic rings. The molecule has 3 nitrogen and oxygen atoms in total. The number of thioether (sulfide) groups is 1. The van der Waals surface area contributed by atoms with Gasteiger partial charge in [-0.05, 0) is 38.6 Å². The van der Waals surface area contributed by atoms with Gasteiger partial charge in [0.2, 0.25) is 5.91 Å². The van der Waals surface area contributed by atoms with Crippen LogP contribution in [-0.2, 0) is 4.79 Å². The molecule has 96 valence electrons. The van der Waals surface area contributed by atoms with Crippen molar-refractivity contribution < 1.29 is 4.79 Å². The number of halogens is 1. The van der Waals surface area contributed by atoms with Crippen LogP contribution >= 0.6 is 24.2 Å². The number of amides is 1. The van der Waals surface area contributed by atoms with Crippen LogP contribution in [0.15, 0.2) is 0 Å².